The second-order valence-corrected chi connectivity index (χ2v) is 17.6. The molecule has 0 saturated heterocycles. The van der Waals surface area contributed by atoms with Crippen LogP contribution in [0.25, 0.3) is 0 Å². The molecular formula is C51H99NO5. The summed E-state index contributed by atoms with van der Waals surface area (Å²) in [5, 5.41) is 23.7. The number of allylic oxidation sites excluding steroid dienone is 2. The normalized spacial score (nSPS) is 13.3. The van der Waals surface area contributed by atoms with Gasteiger partial charge in [-0.25, -0.2) is 0 Å². The van der Waals surface area contributed by atoms with Crippen molar-refractivity contribution >= 4 is 11.9 Å². The van der Waals surface area contributed by atoms with Gasteiger partial charge in [0.1, 0.15) is 6.10 Å². The zero-order valence-electron chi connectivity index (χ0n) is 38.5. The molecule has 338 valence electrons. The Labute approximate surface area is 355 Å². The molecule has 0 heterocycles. The first kappa shape index (κ1) is 55.6. The fraction of sp³-hybridized carbons (Fsp3) is 0.922. The summed E-state index contributed by atoms with van der Waals surface area (Å²) in [5.41, 5.74) is 0. The molecule has 0 aromatic rings. The van der Waals surface area contributed by atoms with Gasteiger partial charge in [-0.2, -0.15) is 0 Å². The Hall–Kier alpha value is -1.40. The third-order valence-electron chi connectivity index (χ3n) is 11.8. The predicted molar refractivity (Wildman–Crippen MR) is 246 cm³/mol. The molecule has 0 radical (unpaired) electrons. The van der Waals surface area contributed by atoms with Crippen LogP contribution in [0.1, 0.15) is 278 Å². The average Bonchev–Trinajstić information content (AvgIpc) is 3.20. The number of rotatable bonds is 46. The van der Waals surface area contributed by atoms with Crippen molar-refractivity contribution in [2.24, 2.45) is 0 Å². The lowest BCUT2D eigenvalue weighted by atomic mass is 10.0. The number of hydrogen-bond donors (Lipinski definition) is 3. The number of esters is 1. The zero-order chi connectivity index (χ0) is 41.7. The predicted octanol–water partition coefficient (Wildman–Crippen LogP) is 15.0. The molecule has 0 saturated carbocycles. The van der Waals surface area contributed by atoms with Crippen LogP contribution in [0.4, 0.5) is 0 Å². The monoisotopic (exact) mass is 806 g/mol. The molecule has 0 aliphatic rings. The van der Waals surface area contributed by atoms with Crippen molar-refractivity contribution < 1.29 is 24.5 Å². The van der Waals surface area contributed by atoms with E-state index in [0.717, 1.165) is 51.4 Å². The van der Waals surface area contributed by atoms with Crippen molar-refractivity contribution in [3.05, 3.63) is 12.2 Å². The van der Waals surface area contributed by atoms with Crippen LogP contribution in [-0.2, 0) is 14.3 Å². The van der Waals surface area contributed by atoms with Gasteiger partial charge >= 0.3 is 5.97 Å². The van der Waals surface area contributed by atoms with Gasteiger partial charge in [-0.15, -0.1) is 0 Å². The number of hydrogen-bond acceptors (Lipinski definition) is 5. The molecule has 6 nitrogen and oxygen atoms in total. The third-order valence-corrected chi connectivity index (χ3v) is 11.8. The van der Waals surface area contributed by atoms with Crippen molar-refractivity contribution in [3.63, 3.8) is 0 Å². The molecule has 0 aliphatic carbocycles. The summed E-state index contributed by atoms with van der Waals surface area (Å²) in [7, 11) is 0. The van der Waals surface area contributed by atoms with Crippen LogP contribution in [0, 0.1) is 0 Å². The highest BCUT2D eigenvalue weighted by atomic mass is 16.5. The molecule has 0 aromatic carbocycles. The Morgan fingerprint density at radius 3 is 1.25 bits per heavy atom. The van der Waals surface area contributed by atoms with Gasteiger partial charge in [-0.3, -0.25) is 9.59 Å². The Morgan fingerprint density at radius 2 is 0.842 bits per heavy atom. The Morgan fingerprint density at radius 1 is 0.491 bits per heavy atom. The Balaban J connectivity index is 4.45. The largest absolute Gasteiger partial charge is 0.462 e. The van der Waals surface area contributed by atoms with Crippen LogP contribution in [-0.4, -0.2) is 46.9 Å². The quantitative estimate of drug-likeness (QED) is 0.0323. The molecule has 6 heteroatoms. The summed E-state index contributed by atoms with van der Waals surface area (Å²) in [6.45, 7) is 6.48. The topological polar surface area (TPSA) is 95.9 Å². The van der Waals surface area contributed by atoms with Crippen LogP contribution >= 0.6 is 0 Å². The van der Waals surface area contributed by atoms with Gasteiger partial charge in [-0.05, 0) is 51.4 Å². The number of carbonyl (C=O) groups excluding carboxylic acids is 2. The maximum Gasteiger partial charge on any atom is 0.306 e. The van der Waals surface area contributed by atoms with E-state index < -0.39 is 18.2 Å². The van der Waals surface area contributed by atoms with E-state index in [1.807, 2.05) is 0 Å². The Bertz CT molecular complexity index is 863. The SMILES string of the molecule is CCCCCCCCC/C=C/CCCCCCCC(=O)OC(CCCCCCCCCCC)CC(=O)NC(CO)C(O)CCCCCCCCCCCCCCC. The molecule has 3 N–H and O–H groups in total. The van der Waals surface area contributed by atoms with Gasteiger partial charge in [0.15, 0.2) is 0 Å². The maximum absolute atomic E-state index is 13.1. The van der Waals surface area contributed by atoms with Gasteiger partial charge in [0.2, 0.25) is 5.91 Å². The van der Waals surface area contributed by atoms with Crippen molar-refractivity contribution in [1.82, 2.24) is 5.32 Å². The number of ether oxygens (including phenoxy) is 1. The summed E-state index contributed by atoms with van der Waals surface area (Å²) >= 11 is 0. The van der Waals surface area contributed by atoms with E-state index in [2.05, 4.69) is 38.2 Å². The van der Waals surface area contributed by atoms with E-state index in [1.54, 1.807) is 0 Å². The van der Waals surface area contributed by atoms with Crippen LogP contribution in [0.5, 0.6) is 0 Å². The van der Waals surface area contributed by atoms with E-state index in [9.17, 15) is 19.8 Å². The number of nitrogens with one attached hydrogen (secondary N) is 1. The fourth-order valence-corrected chi connectivity index (χ4v) is 7.96. The van der Waals surface area contributed by atoms with Gasteiger partial charge in [-0.1, -0.05) is 226 Å². The fourth-order valence-electron chi connectivity index (χ4n) is 7.96. The van der Waals surface area contributed by atoms with E-state index in [4.69, 9.17) is 4.74 Å². The first-order valence-electron chi connectivity index (χ1n) is 25.4. The molecule has 1 amide bonds. The van der Waals surface area contributed by atoms with E-state index in [1.165, 1.54) is 180 Å². The zero-order valence-corrected chi connectivity index (χ0v) is 38.5. The van der Waals surface area contributed by atoms with Crippen molar-refractivity contribution in [2.75, 3.05) is 6.61 Å². The highest BCUT2D eigenvalue weighted by molar-refractivity contribution is 5.77. The Kier molecular flexibility index (Phi) is 44.6. The maximum atomic E-state index is 13.1. The van der Waals surface area contributed by atoms with Crippen LogP contribution < -0.4 is 5.32 Å². The van der Waals surface area contributed by atoms with Gasteiger partial charge in [0.05, 0.1) is 25.2 Å². The average molecular weight is 806 g/mol. The lowest BCUT2D eigenvalue weighted by Crippen LogP contribution is -2.46. The highest BCUT2D eigenvalue weighted by Gasteiger charge is 2.24. The number of aliphatic hydroxyl groups excluding tert-OH is 2. The van der Waals surface area contributed by atoms with Crippen LogP contribution in [0.3, 0.4) is 0 Å². The summed E-state index contributed by atoms with van der Waals surface area (Å²) in [6.07, 6.45) is 49.9. The molecule has 3 unspecified atom stereocenters. The second-order valence-electron chi connectivity index (χ2n) is 17.6. The van der Waals surface area contributed by atoms with Gasteiger partial charge < -0.3 is 20.3 Å². The minimum Gasteiger partial charge on any atom is -0.462 e. The van der Waals surface area contributed by atoms with E-state index in [0.29, 0.717) is 19.3 Å². The number of aliphatic hydroxyl groups is 2. The number of unbranched alkanes of at least 4 members (excludes halogenated alkanes) is 32. The van der Waals surface area contributed by atoms with E-state index >= 15 is 0 Å². The second kappa shape index (κ2) is 45.7. The minimum absolute atomic E-state index is 0.0805. The van der Waals surface area contributed by atoms with Crippen molar-refractivity contribution in [1.29, 1.82) is 0 Å². The number of carbonyl (C=O) groups is 2. The van der Waals surface area contributed by atoms with Crippen LogP contribution in [0.15, 0.2) is 12.2 Å². The van der Waals surface area contributed by atoms with Crippen LogP contribution in [0.2, 0.25) is 0 Å². The molecule has 0 bridgehead atoms. The molecule has 3 atom stereocenters. The molecule has 0 aliphatic heterocycles. The summed E-state index contributed by atoms with van der Waals surface area (Å²) in [5.74, 6) is -0.471. The third kappa shape index (κ3) is 41.1. The molecule has 57 heavy (non-hydrogen) atoms. The molecule has 0 fully saturated rings. The first-order valence-corrected chi connectivity index (χ1v) is 25.4. The number of amides is 1. The minimum atomic E-state index is -0.782. The lowest BCUT2D eigenvalue weighted by molar-refractivity contribution is -0.151. The van der Waals surface area contributed by atoms with Gasteiger partial charge in [0.25, 0.3) is 0 Å². The standard InChI is InChI=1S/C51H99NO5/c1-4-7-10-13-16-19-21-23-24-25-27-29-32-35-38-41-44-51(56)57-47(42-39-36-33-30-18-15-12-9-6-3)45-50(55)52-48(46-53)49(54)43-40-37-34-31-28-26-22-20-17-14-11-8-5-2/h24-25,47-49,53-54H,4-23,26-46H2,1-3H3,(H,52,55)/b25-24+. The summed E-state index contributed by atoms with van der Waals surface area (Å²) in [6, 6.07) is -0.695. The molecule has 0 rings (SSSR count). The molecular weight excluding hydrogens is 707 g/mol. The molecule has 0 aromatic heterocycles. The summed E-state index contributed by atoms with van der Waals surface area (Å²) < 4.78 is 5.91. The summed E-state index contributed by atoms with van der Waals surface area (Å²) in [4.78, 5) is 26.0. The van der Waals surface area contributed by atoms with Gasteiger partial charge in [0, 0.05) is 6.42 Å². The highest BCUT2D eigenvalue weighted by Crippen LogP contribution is 2.18. The van der Waals surface area contributed by atoms with Crippen molar-refractivity contribution in [3.8, 4) is 0 Å². The molecule has 0 spiro atoms. The van der Waals surface area contributed by atoms with Crippen molar-refractivity contribution in [2.45, 2.75) is 296 Å². The lowest BCUT2D eigenvalue weighted by Gasteiger charge is -2.24. The smallest absolute Gasteiger partial charge is 0.306 e. The first-order chi connectivity index (χ1) is 28.0. The van der Waals surface area contributed by atoms with E-state index in [-0.39, 0.29) is 24.9 Å².